The fourth-order valence-corrected chi connectivity index (χ4v) is 2.11. The van der Waals surface area contributed by atoms with Gasteiger partial charge < -0.3 is 0 Å². The van der Waals surface area contributed by atoms with E-state index in [1.807, 2.05) is 37.3 Å². The molecule has 0 spiro atoms. The van der Waals surface area contributed by atoms with Crippen LogP contribution in [0.5, 0.6) is 0 Å². The molecule has 0 unspecified atom stereocenters. The molecule has 0 amide bonds. The van der Waals surface area contributed by atoms with Crippen LogP contribution in [0, 0.1) is 13.8 Å². The lowest BCUT2D eigenvalue weighted by atomic mass is 10.2. The van der Waals surface area contributed by atoms with Gasteiger partial charge in [-0.05, 0) is 31.5 Å². The predicted molar refractivity (Wildman–Crippen MR) is 92.4 cm³/mol. The van der Waals surface area contributed by atoms with Gasteiger partial charge in [0.2, 0.25) is 0 Å². The van der Waals surface area contributed by atoms with Gasteiger partial charge >= 0.3 is 0 Å². The van der Waals surface area contributed by atoms with Crippen molar-refractivity contribution in [3.05, 3.63) is 71.8 Å². The second-order valence-electron chi connectivity index (χ2n) is 5.21. The molecule has 0 saturated heterocycles. The predicted octanol–water partition coefficient (Wildman–Crippen LogP) is 3.60. The first kappa shape index (κ1) is 14.8. The normalized spacial score (nSPS) is 10.9. The average molecular weight is 303 g/mol. The summed E-state index contributed by atoms with van der Waals surface area (Å²) in [5.41, 5.74) is 6.98. The summed E-state index contributed by atoms with van der Waals surface area (Å²) in [6.45, 7) is 3.91. The van der Waals surface area contributed by atoms with Crippen molar-refractivity contribution in [1.29, 1.82) is 0 Å². The maximum absolute atomic E-state index is 4.44. The molecule has 1 aromatic carbocycles. The van der Waals surface area contributed by atoms with E-state index in [9.17, 15) is 0 Å². The largest absolute Gasteiger partial charge is 0.264 e. The standard InChI is InChI=1S/C18H17N5/c1-13-5-7-15(8-6-13)11-20-23-18-10-17(21-14(2)22-18)16-4-3-9-19-12-16/h3-12H,1-2H3,(H,21,22,23)/b20-11+. The number of anilines is 1. The minimum Gasteiger partial charge on any atom is -0.264 e. The Bertz CT molecular complexity index is 811. The number of hydrogen-bond acceptors (Lipinski definition) is 5. The molecule has 3 rings (SSSR count). The molecule has 0 atom stereocenters. The highest BCUT2D eigenvalue weighted by atomic mass is 15.3. The Morgan fingerprint density at radius 1 is 1.04 bits per heavy atom. The van der Waals surface area contributed by atoms with E-state index in [0.717, 1.165) is 16.8 Å². The molecule has 2 heterocycles. The zero-order chi connectivity index (χ0) is 16.1. The molecule has 1 N–H and O–H groups in total. The van der Waals surface area contributed by atoms with Gasteiger partial charge in [-0.15, -0.1) is 0 Å². The summed E-state index contributed by atoms with van der Waals surface area (Å²) in [5, 5.41) is 4.24. The third kappa shape index (κ3) is 3.97. The Balaban J connectivity index is 1.78. The van der Waals surface area contributed by atoms with Crippen molar-refractivity contribution in [2.45, 2.75) is 13.8 Å². The maximum atomic E-state index is 4.44. The fourth-order valence-electron chi connectivity index (χ4n) is 2.11. The van der Waals surface area contributed by atoms with Crippen LogP contribution in [0.15, 0.2) is 60.0 Å². The first-order valence-corrected chi connectivity index (χ1v) is 7.32. The molecule has 23 heavy (non-hydrogen) atoms. The van der Waals surface area contributed by atoms with Crippen LogP contribution in [0.3, 0.4) is 0 Å². The first-order chi connectivity index (χ1) is 11.2. The number of hydrazone groups is 1. The lowest BCUT2D eigenvalue weighted by molar-refractivity contribution is 1.05. The zero-order valence-corrected chi connectivity index (χ0v) is 13.1. The smallest absolute Gasteiger partial charge is 0.150 e. The number of aryl methyl sites for hydroxylation is 2. The number of aromatic nitrogens is 3. The Morgan fingerprint density at radius 2 is 1.87 bits per heavy atom. The van der Waals surface area contributed by atoms with Crippen LogP contribution in [0.1, 0.15) is 17.0 Å². The van der Waals surface area contributed by atoms with E-state index in [1.54, 1.807) is 18.6 Å². The lowest BCUT2D eigenvalue weighted by Gasteiger charge is -2.05. The molecule has 0 bridgehead atoms. The van der Waals surface area contributed by atoms with Gasteiger partial charge in [0, 0.05) is 24.0 Å². The van der Waals surface area contributed by atoms with E-state index < -0.39 is 0 Å². The monoisotopic (exact) mass is 303 g/mol. The fraction of sp³-hybridized carbons (Fsp3) is 0.111. The van der Waals surface area contributed by atoms with Crippen molar-refractivity contribution in [2.24, 2.45) is 5.10 Å². The summed E-state index contributed by atoms with van der Waals surface area (Å²) in [5.74, 6) is 1.33. The van der Waals surface area contributed by atoms with Gasteiger partial charge in [0.05, 0.1) is 11.9 Å². The maximum Gasteiger partial charge on any atom is 0.150 e. The third-order valence-electron chi connectivity index (χ3n) is 3.27. The molecular weight excluding hydrogens is 286 g/mol. The molecule has 3 aromatic rings. The van der Waals surface area contributed by atoms with Gasteiger partial charge in [-0.1, -0.05) is 29.8 Å². The summed E-state index contributed by atoms with van der Waals surface area (Å²) in [6.07, 6.45) is 5.28. The van der Waals surface area contributed by atoms with Crippen molar-refractivity contribution in [3.63, 3.8) is 0 Å². The molecule has 0 saturated carbocycles. The van der Waals surface area contributed by atoms with Crippen molar-refractivity contribution in [3.8, 4) is 11.3 Å². The van der Waals surface area contributed by atoms with Gasteiger partial charge in [0.25, 0.3) is 0 Å². The van der Waals surface area contributed by atoms with Crippen molar-refractivity contribution in [2.75, 3.05) is 5.43 Å². The van der Waals surface area contributed by atoms with Gasteiger partial charge in [-0.2, -0.15) is 5.10 Å². The summed E-state index contributed by atoms with van der Waals surface area (Å²) >= 11 is 0. The second kappa shape index (κ2) is 6.79. The number of benzene rings is 1. The van der Waals surface area contributed by atoms with Crippen LogP contribution in [0.4, 0.5) is 5.82 Å². The Morgan fingerprint density at radius 3 is 2.61 bits per heavy atom. The number of nitrogens with zero attached hydrogens (tertiary/aromatic N) is 4. The van der Waals surface area contributed by atoms with Crippen LogP contribution in [0.2, 0.25) is 0 Å². The number of nitrogens with one attached hydrogen (secondary N) is 1. The van der Waals surface area contributed by atoms with Crippen LogP contribution in [0.25, 0.3) is 11.3 Å². The van der Waals surface area contributed by atoms with E-state index in [4.69, 9.17) is 0 Å². The molecule has 2 aromatic heterocycles. The SMILES string of the molecule is Cc1ccc(/C=N/Nc2cc(-c3cccnc3)nc(C)n2)cc1. The molecule has 0 aliphatic carbocycles. The van der Waals surface area contributed by atoms with E-state index >= 15 is 0 Å². The van der Waals surface area contributed by atoms with Crippen LogP contribution in [-0.4, -0.2) is 21.2 Å². The summed E-state index contributed by atoms with van der Waals surface area (Å²) in [4.78, 5) is 12.9. The average Bonchev–Trinajstić information content (AvgIpc) is 2.57. The van der Waals surface area contributed by atoms with Gasteiger partial charge in [-0.3, -0.25) is 10.4 Å². The molecule has 0 aliphatic rings. The Labute approximate surface area is 135 Å². The van der Waals surface area contributed by atoms with Gasteiger partial charge in [0.15, 0.2) is 0 Å². The highest BCUT2D eigenvalue weighted by molar-refractivity contribution is 5.80. The Kier molecular flexibility index (Phi) is 4.38. The van der Waals surface area contributed by atoms with Crippen LogP contribution >= 0.6 is 0 Å². The Hall–Kier alpha value is -3.08. The molecule has 0 aliphatic heterocycles. The minimum absolute atomic E-state index is 0.653. The number of pyridine rings is 1. The van der Waals surface area contributed by atoms with Gasteiger partial charge in [-0.25, -0.2) is 9.97 Å². The first-order valence-electron chi connectivity index (χ1n) is 7.32. The van der Waals surface area contributed by atoms with E-state index in [-0.39, 0.29) is 0 Å². The van der Waals surface area contributed by atoms with Crippen LogP contribution in [-0.2, 0) is 0 Å². The highest BCUT2D eigenvalue weighted by Crippen LogP contribution is 2.18. The molecule has 0 radical (unpaired) electrons. The summed E-state index contributed by atoms with van der Waals surface area (Å²) < 4.78 is 0. The molecule has 5 nitrogen and oxygen atoms in total. The number of rotatable bonds is 4. The van der Waals surface area contributed by atoms with Crippen molar-refractivity contribution in [1.82, 2.24) is 15.0 Å². The third-order valence-corrected chi connectivity index (χ3v) is 3.27. The highest BCUT2D eigenvalue weighted by Gasteiger charge is 2.03. The molecular formula is C18H17N5. The van der Waals surface area contributed by atoms with E-state index in [0.29, 0.717) is 11.6 Å². The van der Waals surface area contributed by atoms with Crippen molar-refractivity contribution >= 4 is 12.0 Å². The minimum atomic E-state index is 0.653. The number of hydrogen-bond donors (Lipinski definition) is 1. The topological polar surface area (TPSA) is 63.1 Å². The van der Waals surface area contributed by atoms with Gasteiger partial charge in [0.1, 0.15) is 11.6 Å². The summed E-state index contributed by atoms with van der Waals surface area (Å²) in [6, 6.07) is 13.9. The van der Waals surface area contributed by atoms with E-state index in [1.165, 1.54) is 5.56 Å². The van der Waals surface area contributed by atoms with Crippen molar-refractivity contribution < 1.29 is 0 Å². The second-order valence-corrected chi connectivity index (χ2v) is 5.21. The molecule has 5 heteroatoms. The van der Waals surface area contributed by atoms with E-state index in [2.05, 4.69) is 44.5 Å². The summed E-state index contributed by atoms with van der Waals surface area (Å²) in [7, 11) is 0. The molecule has 0 fully saturated rings. The zero-order valence-electron chi connectivity index (χ0n) is 13.1. The van der Waals surface area contributed by atoms with Crippen LogP contribution < -0.4 is 5.43 Å². The quantitative estimate of drug-likeness (QED) is 0.591. The molecule has 114 valence electrons. The lowest BCUT2D eigenvalue weighted by Crippen LogP contribution is -1.99.